The van der Waals surface area contributed by atoms with Crippen LogP contribution in [0.1, 0.15) is 0 Å². The highest BCUT2D eigenvalue weighted by Gasteiger charge is 2.11. The Bertz CT molecular complexity index is 484. The molecule has 1 aromatic carbocycles. The van der Waals surface area contributed by atoms with Crippen molar-refractivity contribution >= 4 is 28.8 Å². The van der Waals surface area contributed by atoms with Crippen molar-refractivity contribution in [1.82, 2.24) is 4.98 Å². The minimum Gasteiger partial charge on any atom is -0.496 e. The number of nitrogens with two attached hydrogens (primary N) is 1. The van der Waals surface area contributed by atoms with Gasteiger partial charge in [0.2, 0.25) is 0 Å². The number of halogens is 1. The van der Waals surface area contributed by atoms with Gasteiger partial charge in [-0.1, -0.05) is 11.6 Å². The van der Waals surface area contributed by atoms with Crippen molar-refractivity contribution in [1.29, 1.82) is 0 Å². The van der Waals surface area contributed by atoms with Gasteiger partial charge >= 0.3 is 0 Å². The van der Waals surface area contributed by atoms with Crippen LogP contribution in [-0.2, 0) is 0 Å². The molecule has 0 aliphatic heterocycles. The lowest BCUT2D eigenvalue weighted by Crippen LogP contribution is -1.90. The number of rotatable bonds is 2. The summed E-state index contributed by atoms with van der Waals surface area (Å²) in [6.07, 6.45) is 0. The monoisotopic (exact) mass is 240 g/mol. The molecule has 2 N–H and O–H groups in total. The molecule has 0 radical (unpaired) electrons. The molecule has 2 rings (SSSR count). The van der Waals surface area contributed by atoms with Gasteiger partial charge in [0.15, 0.2) is 0 Å². The Labute approximate surface area is 96.5 Å². The maximum atomic E-state index is 5.93. The van der Waals surface area contributed by atoms with Crippen molar-refractivity contribution in [2.45, 2.75) is 0 Å². The fraction of sp³-hybridized carbons (Fsp3) is 0.100. The SMILES string of the molecule is COc1ccc(Cl)cc1-c1scnc1N. The number of nitrogen functional groups attached to an aromatic ring is 1. The summed E-state index contributed by atoms with van der Waals surface area (Å²) >= 11 is 7.40. The molecule has 0 saturated carbocycles. The van der Waals surface area contributed by atoms with Gasteiger partial charge in [-0.15, -0.1) is 11.3 Å². The van der Waals surface area contributed by atoms with Crippen molar-refractivity contribution in [3.05, 3.63) is 28.7 Å². The zero-order valence-electron chi connectivity index (χ0n) is 8.03. The van der Waals surface area contributed by atoms with E-state index < -0.39 is 0 Å². The van der Waals surface area contributed by atoms with E-state index in [9.17, 15) is 0 Å². The smallest absolute Gasteiger partial charge is 0.142 e. The molecule has 15 heavy (non-hydrogen) atoms. The number of benzene rings is 1. The molecule has 0 fully saturated rings. The van der Waals surface area contributed by atoms with E-state index in [-0.39, 0.29) is 0 Å². The Kier molecular flexibility index (Phi) is 2.79. The van der Waals surface area contributed by atoms with Gasteiger partial charge in [0.05, 0.1) is 17.5 Å². The molecule has 5 heteroatoms. The van der Waals surface area contributed by atoms with Gasteiger partial charge in [0.25, 0.3) is 0 Å². The quantitative estimate of drug-likeness (QED) is 0.878. The van der Waals surface area contributed by atoms with Gasteiger partial charge in [0.1, 0.15) is 11.6 Å². The Hall–Kier alpha value is -1.26. The van der Waals surface area contributed by atoms with E-state index in [1.54, 1.807) is 18.7 Å². The summed E-state index contributed by atoms with van der Waals surface area (Å²) in [5.74, 6) is 1.25. The molecular weight excluding hydrogens is 232 g/mol. The second-order valence-corrected chi connectivity index (χ2v) is 4.20. The molecule has 0 aliphatic rings. The zero-order chi connectivity index (χ0) is 10.8. The standard InChI is InChI=1S/C10H9ClN2OS/c1-14-8-3-2-6(11)4-7(8)9-10(12)13-5-15-9/h2-5H,12H2,1H3. The van der Waals surface area contributed by atoms with E-state index in [0.29, 0.717) is 10.8 Å². The first kappa shape index (κ1) is 10.3. The highest BCUT2D eigenvalue weighted by Crippen LogP contribution is 2.37. The third kappa shape index (κ3) is 1.91. The molecule has 78 valence electrons. The third-order valence-corrected chi connectivity index (χ3v) is 3.11. The number of hydrogen-bond acceptors (Lipinski definition) is 4. The molecule has 0 amide bonds. The van der Waals surface area contributed by atoms with Crippen LogP contribution >= 0.6 is 22.9 Å². The number of nitrogens with zero attached hydrogens (tertiary/aromatic N) is 1. The number of ether oxygens (including phenoxy) is 1. The molecule has 2 aromatic rings. The summed E-state index contributed by atoms with van der Waals surface area (Å²) < 4.78 is 5.24. The summed E-state index contributed by atoms with van der Waals surface area (Å²) in [4.78, 5) is 4.88. The predicted octanol–water partition coefficient (Wildman–Crippen LogP) is 3.05. The molecule has 0 spiro atoms. The fourth-order valence-corrected chi connectivity index (χ4v) is 2.22. The summed E-state index contributed by atoms with van der Waals surface area (Å²) in [7, 11) is 1.62. The Balaban J connectivity index is 2.60. The summed E-state index contributed by atoms with van der Waals surface area (Å²) in [6, 6.07) is 5.42. The largest absolute Gasteiger partial charge is 0.496 e. The van der Waals surface area contributed by atoms with E-state index in [1.807, 2.05) is 12.1 Å². The van der Waals surface area contributed by atoms with Gasteiger partial charge in [-0.2, -0.15) is 0 Å². The van der Waals surface area contributed by atoms with Crippen LogP contribution in [0.15, 0.2) is 23.7 Å². The second-order valence-electron chi connectivity index (χ2n) is 2.91. The normalized spacial score (nSPS) is 10.3. The lowest BCUT2D eigenvalue weighted by Gasteiger charge is -2.07. The highest BCUT2D eigenvalue weighted by atomic mass is 35.5. The van der Waals surface area contributed by atoms with E-state index in [0.717, 1.165) is 16.2 Å². The van der Waals surface area contributed by atoms with E-state index in [1.165, 1.54) is 11.3 Å². The lowest BCUT2D eigenvalue weighted by atomic mass is 10.1. The van der Waals surface area contributed by atoms with Crippen LogP contribution in [-0.4, -0.2) is 12.1 Å². The minimum absolute atomic E-state index is 0.501. The number of methoxy groups -OCH3 is 1. The van der Waals surface area contributed by atoms with Crippen LogP contribution in [0.5, 0.6) is 5.75 Å². The van der Waals surface area contributed by atoms with Crippen LogP contribution in [0.2, 0.25) is 5.02 Å². The van der Waals surface area contributed by atoms with E-state index in [4.69, 9.17) is 22.1 Å². The van der Waals surface area contributed by atoms with Gasteiger partial charge < -0.3 is 10.5 Å². The van der Waals surface area contributed by atoms with E-state index in [2.05, 4.69) is 4.98 Å². The van der Waals surface area contributed by atoms with Crippen LogP contribution in [0.3, 0.4) is 0 Å². The molecular formula is C10H9ClN2OS. The van der Waals surface area contributed by atoms with Crippen LogP contribution < -0.4 is 10.5 Å². The summed E-state index contributed by atoms with van der Waals surface area (Å²) in [5, 5.41) is 0.651. The van der Waals surface area contributed by atoms with Crippen molar-refractivity contribution in [2.75, 3.05) is 12.8 Å². The Morgan fingerprint density at radius 3 is 2.87 bits per heavy atom. The first-order chi connectivity index (χ1) is 7.22. The van der Waals surface area contributed by atoms with Crippen LogP contribution in [0, 0.1) is 0 Å². The molecule has 0 aliphatic carbocycles. The Morgan fingerprint density at radius 2 is 2.27 bits per heavy atom. The maximum absolute atomic E-state index is 5.93. The third-order valence-electron chi connectivity index (χ3n) is 2.00. The summed E-state index contributed by atoms with van der Waals surface area (Å²) in [5.41, 5.74) is 8.33. The lowest BCUT2D eigenvalue weighted by molar-refractivity contribution is 0.416. The van der Waals surface area contributed by atoms with Crippen molar-refractivity contribution < 1.29 is 4.74 Å². The molecule has 3 nitrogen and oxygen atoms in total. The average molecular weight is 241 g/mol. The van der Waals surface area contributed by atoms with Gasteiger partial charge in [-0.3, -0.25) is 0 Å². The number of hydrogen-bond donors (Lipinski definition) is 1. The minimum atomic E-state index is 0.501. The molecule has 0 atom stereocenters. The van der Waals surface area contributed by atoms with E-state index >= 15 is 0 Å². The van der Waals surface area contributed by atoms with Crippen molar-refractivity contribution in [3.8, 4) is 16.2 Å². The number of thiazole rings is 1. The molecule has 1 heterocycles. The van der Waals surface area contributed by atoms with Gasteiger partial charge in [0, 0.05) is 10.6 Å². The Morgan fingerprint density at radius 1 is 1.47 bits per heavy atom. The topological polar surface area (TPSA) is 48.1 Å². The molecule has 0 bridgehead atoms. The molecule has 0 unspecified atom stereocenters. The fourth-order valence-electron chi connectivity index (χ4n) is 1.31. The highest BCUT2D eigenvalue weighted by molar-refractivity contribution is 7.13. The van der Waals surface area contributed by atoms with Crippen LogP contribution in [0.25, 0.3) is 10.4 Å². The maximum Gasteiger partial charge on any atom is 0.142 e. The van der Waals surface area contributed by atoms with Gasteiger partial charge in [-0.25, -0.2) is 4.98 Å². The predicted molar refractivity (Wildman–Crippen MR) is 63.5 cm³/mol. The second kappa shape index (κ2) is 4.08. The molecule has 1 aromatic heterocycles. The van der Waals surface area contributed by atoms with Crippen LogP contribution in [0.4, 0.5) is 5.82 Å². The first-order valence-electron chi connectivity index (χ1n) is 4.25. The average Bonchev–Trinajstić information content (AvgIpc) is 2.64. The van der Waals surface area contributed by atoms with Gasteiger partial charge in [-0.05, 0) is 18.2 Å². The van der Waals surface area contributed by atoms with Crippen molar-refractivity contribution in [3.63, 3.8) is 0 Å². The number of aromatic nitrogens is 1. The van der Waals surface area contributed by atoms with Crippen molar-refractivity contribution in [2.24, 2.45) is 0 Å². The number of anilines is 1. The summed E-state index contributed by atoms with van der Waals surface area (Å²) in [6.45, 7) is 0. The zero-order valence-corrected chi connectivity index (χ0v) is 9.60. The first-order valence-corrected chi connectivity index (χ1v) is 5.51. The molecule has 0 saturated heterocycles.